The van der Waals surface area contributed by atoms with E-state index in [1.165, 1.54) is 30.5 Å². The van der Waals surface area contributed by atoms with Gasteiger partial charge in [-0.25, -0.2) is 18.2 Å². The molecule has 3 heterocycles. The zero-order valence-corrected chi connectivity index (χ0v) is 24.1. The molecule has 0 bridgehead atoms. The number of rotatable bonds is 8. The first-order valence-electron chi connectivity index (χ1n) is 13.5. The molecule has 1 fully saturated rings. The molecule has 4 aromatic rings. The average molecular weight is 627 g/mol. The van der Waals surface area contributed by atoms with Crippen LogP contribution < -0.4 is 14.5 Å². The van der Waals surface area contributed by atoms with Crippen molar-refractivity contribution in [1.82, 2.24) is 9.38 Å². The Morgan fingerprint density at radius 3 is 2.37 bits per heavy atom. The number of hydrogen-bond acceptors (Lipinski definition) is 5. The Kier molecular flexibility index (Phi) is 9.48. The van der Waals surface area contributed by atoms with Gasteiger partial charge in [0.15, 0.2) is 5.78 Å². The second-order valence-corrected chi connectivity index (χ2v) is 10.2. The molecular weight excluding hydrogens is 598 g/mol. The lowest BCUT2D eigenvalue weighted by atomic mass is 10.0. The third-order valence-corrected chi connectivity index (χ3v) is 7.34. The van der Waals surface area contributed by atoms with Crippen molar-refractivity contribution >= 4 is 35.2 Å². The van der Waals surface area contributed by atoms with Gasteiger partial charge < -0.3 is 14.5 Å². The zero-order chi connectivity index (χ0) is 30.2. The van der Waals surface area contributed by atoms with Crippen molar-refractivity contribution in [3.05, 3.63) is 89.1 Å². The summed E-state index contributed by atoms with van der Waals surface area (Å²) in [5, 5.41) is 0. The second kappa shape index (κ2) is 12.7. The van der Waals surface area contributed by atoms with Gasteiger partial charge in [0.2, 0.25) is 0 Å². The Balaban J connectivity index is 0.00000423. The fraction of sp³-hybridized carbons (Fsp3) is 0.333. The van der Waals surface area contributed by atoms with E-state index < -0.39 is 29.6 Å². The highest BCUT2D eigenvalue weighted by atomic mass is 35.5. The molecule has 13 heteroatoms. The van der Waals surface area contributed by atoms with Crippen LogP contribution >= 0.6 is 12.4 Å². The Bertz CT molecular complexity index is 1630. The summed E-state index contributed by atoms with van der Waals surface area (Å²) >= 11 is 0. The summed E-state index contributed by atoms with van der Waals surface area (Å²) in [7, 11) is 0. The number of nitrogens with zero attached hydrogens (tertiary/aromatic N) is 4. The van der Waals surface area contributed by atoms with Crippen molar-refractivity contribution < 1.29 is 35.9 Å². The number of alkyl halides is 3. The summed E-state index contributed by atoms with van der Waals surface area (Å²) < 4.78 is 86.3. The molecule has 0 unspecified atom stereocenters. The van der Waals surface area contributed by atoms with Gasteiger partial charge in [-0.15, -0.1) is 25.6 Å². The van der Waals surface area contributed by atoms with E-state index in [1.54, 1.807) is 21.4 Å². The number of benzene rings is 2. The second-order valence-electron chi connectivity index (χ2n) is 10.2. The van der Waals surface area contributed by atoms with Crippen molar-refractivity contribution in [2.75, 3.05) is 29.4 Å². The summed E-state index contributed by atoms with van der Waals surface area (Å²) in [6.45, 7) is 4.71. The predicted octanol–water partition coefficient (Wildman–Crippen LogP) is 7.17. The quantitative estimate of drug-likeness (QED) is 0.153. The molecule has 0 radical (unpaired) electrons. The van der Waals surface area contributed by atoms with Gasteiger partial charge in [0.05, 0.1) is 17.1 Å². The topological polar surface area (TPSA) is 50.1 Å². The van der Waals surface area contributed by atoms with Crippen molar-refractivity contribution in [2.24, 2.45) is 0 Å². The molecule has 230 valence electrons. The summed E-state index contributed by atoms with van der Waals surface area (Å²) in [5.74, 6) is -2.56. The van der Waals surface area contributed by atoms with Gasteiger partial charge in [0.1, 0.15) is 34.5 Å². The number of carbonyl (C=O) groups excluding carboxylic acids is 1. The van der Waals surface area contributed by atoms with Gasteiger partial charge in [-0.05, 0) is 55.7 Å². The lowest BCUT2D eigenvalue weighted by Crippen LogP contribution is -2.52. The van der Waals surface area contributed by atoms with Gasteiger partial charge in [-0.3, -0.25) is 9.20 Å². The maximum Gasteiger partial charge on any atom is 0.573 e. The van der Waals surface area contributed by atoms with Crippen LogP contribution in [0.15, 0.2) is 54.7 Å². The van der Waals surface area contributed by atoms with Crippen LogP contribution in [-0.2, 0) is 12.8 Å². The molecule has 1 aliphatic rings. The number of pyridine rings is 1. The Hall–Kier alpha value is -3.93. The maximum atomic E-state index is 15.2. The number of carbonyl (C=O) groups is 1. The summed E-state index contributed by atoms with van der Waals surface area (Å²) in [5.41, 5.74) is 2.47. The number of imidazole rings is 1. The van der Waals surface area contributed by atoms with E-state index in [0.29, 0.717) is 66.8 Å². The van der Waals surface area contributed by atoms with Crippen LogP contribution in [0.25, 0.3) is 5.65 Å². The number of hydrogen-bond donors (Lipinski definition) is 0. The monoisotopic (exact) mass is 626 g/mol. The lowest BCUT2D eigenvalue weighted by Gasteiger charge is -2.42. The standard InChI is InChI=1S/C30H28F6N4O2.ClH/c1-3-24-29(40-11-10-20(31)15-28(40)37-24)27(41)9-5-19-4-7-25(22(32)14-19)38-12-13-39(18(2)17-38)26-8-6-21(16-23(26)33)42-30(34,35)36;/h4,6-8,10-11,14-16,18H,3,5,9,12-13,17H2,1-2H3;1H/t18-;/m0./s1. The molecule has 0 saturated carbocycles. The molecule has 1 atom stereocenters. The smallest absolute Gasteiger partial charge is 0.406 e. The Morgan fingerprint density at radius 1 is 1.00 bits per heavy atom. The SMILES string of the molecule is CCc1nc2cc(F)ccn2c1C(=O)CCc1ccc(N2CCN(c3ccc(OC(F)(F)F)cc3F)[C@@H](C)C2)c(F)c1.Cl. The van der Waals surface area contributed by atoms with Crippen LogP contribution in [0.1, 0.15) is 42.0 Å². The van der Waals surface area contributed by atoms with Gasteiger partial charge >= 0.3 is 6.36 Å². The molecular formula is C30H29ClF6N4O2. The van der Waals surface area contributed by atoms with Gasteiger partial charge in [-0.1, -0.05) is 13.0 Å². The number of Topliss-reactive ketones (excluding diaryl/α,β-unsaturated/α-hetero) is 1. The van der Waals surface area contributed by atoms with E-state index >= 15 is 4.39 Å². The van der Waals surface area contributed by atoms with E-state index in [0.717, 1.165) is 6.07 Å². The highest BCUT2D eigenvalue weighted by Gasteiger charge is 2.32. The van der Waals surface area contributed by atoms with E-state index in [-0.39, 0.29) is 36.3 Å². The zero-order valence-electron chi connectivity index (χ0n) is 23.3. The van der Waals surface area contributed by atoms with Crippen LogP contribution in [0.2, 0.25) is 0 Å². The van der Waals surface area contributed by atoms with Crippen molar-refractivity contribution in [3.63, 3.8) is 0 Å². The third kappa shape index (κ3) is 7.01. The summed E-state index contributed by atoms with van der Waals surface area (Å²) in [6, 6.07) is 10.1. The molecule has 0 spiro atoms. The van der Waals surface area contributed by atoms with E-state index in [1.807, 2.05) is 18.7 Å². The molecule has 2 aromatic heterocycles. The van der Waals surface area contributed by atoms with Gasteiger partial charge in [0.25, 0.3) is 0 Å². The van der Waals surface area contributed by atoms with Crippen LogP contribution in [0.3, 0.4) is 0 Å². The van der Waals surface area contributed by atoms with Crippen LogP contribution in [0.4, 0.5) is 37.7 Å². The molecule has 0 N–H and O–H groups in total. The Morgan fingerprint density at radius 2 is 1.72 bits per heavy atom. The minimum atomic E-state index is -4.92. The number of ketones is 1. The van der Waals surface area contributed by atoms with E-state index in [9.17, 15) is 26.7 Å². The molecule has 43 heavy (non-hydrogen) atoms. The molecule has 0 aliphatic carbocycles. The van der Waals surface area contributed by atoms with E-state index in [4.69, 9.17) is 0 Å². The molecule has 0 amide bonds. The first-order valence-corrected chi connectivity index (χ1v) is 13.5. The van der Waals surface area contributed by atoms with Gasteiger partial charge in [-0.2, -0.15) is 0 Å². The number of halogens is 7. The maximum absolute atomic E-state index is 15.2. The number of piperazine rings is 1. The largest absolute Gasteiger partial charge is 0.573 e. The normalized spacial score (nSPS) is 15.5. The van der Waals surface area contributed by atoms with Crippen molar-refractivity contribution in [1.29, 1.82) is 0 Å². The number of aryl methyl sites for hydroxylation is 2. The predicted molar refractivity (Wildman–Crippen MR) is 153 cm³/mol. The number of fused-ring (bicyclic) bond motifs is 1. The summed E-state index contributed by atoms with van der Waals surface area (Å²) in [6.07, 6.45) is -2.53. The fourth-order valence-corrected chi connectivity index (χ4v) is 5.40. The van der Waals surface area contributed by atoms with Crippen molar-refractivity contribution in [3.8, 4) is 5.75 Å². The van der Waals surface area contributed by atoms with Gasteiger partial charge in [0, 0.05) is 50.4 Å². The minimum Gasteiger partial charge on any atom is -0.406 e. The Labute approximate surface area is 250 Å². The lowest BCUT2D eigenvalue weighted by molar-refractivity contribution is -0.274. The number of aromatic nitrogens is 2. The molecule has 6 nitrogen and oxygen atoms in total. The molecule has 1 saturated heterocycles. The fourth-order valence-electron chi connectivity index (χ4n) is 5.40. The van der Waals surface area contributed by atoms with Crippen molar-refractivity contribution in [2.45, 2.75) is 45.5 Å². The molecule has 2 aromatic carbocycles. The average Bonchev–Trinajstić information content (AvgIpc) is 3.29. The minimum absolute atomic E-state index is 0. The summed E-state index contributed by atoms with van der Waals surface area (Å²) in [4.78, 5) is 21.0. The van der Waals surface area contributed by atoms with Crippen LogP contribution in [-0.4, -0.2) is 47.2 Å². The first kappa shape index (κ1) is 32.0. The van der Waals surface area contributed by atoms with Crippen LogP contribution in [0.5, 0.6) is 5.75 Å². The highest BCUT2D eigenvalue weighted by Crippen LogP contribution is 2.32. The number of ether oxygens (including phenoxy) is 1. The highest BCUT2D eigenvalue weighted by molar-refractivity contribution is 5.96. The third-order valence-electron chi connectivity index (χ3n) is 7.34. The molecule has 5 rings (SSSR count). The molecule has 1 aliphatic heterocycles. The van der Waals surface area contributed by atoms with Crippen LogP contribution in [0, 0.1) is 17.5 Å². The van der Waals surface area contributed by atoms with E-state index in [2.05, 4.69) is 9.72 Å². The first-order chi connectivity index (χ1) is 19.9. The number of anilines is 2.